The fourth-order valence-corrected chi connectivity index (χ4v) is 2.98. The van der Waals surface area contributed by atoms with Gasteiger partial charge in [-0.2, -0.15) is 5.10 Å². The molecule has 0 bridgehead atoms. The SMILES string of the molecule is Cc1nn(-c2ccc(F)cc2)c(Cl)c1C(=O)N1CCC(N)C1.Cl. The van der Waals surface area contributed by atoms with Crippen LogP contribution in [-0.4, -0.2) is 39.7 Å². The largest absolute Gasteiger partial charge is 0.337 e. The van der Waals surface area contributed by atoms with E-state index in [9.17, 15) is 9.18 Å². The van der Waals surface area contributed by atoms with Crippen LogP contribution in [0.4, 0.5) is 4.39 Å². The van der Waals surface area contributed by atoms with Crippen molar-refractivity contribution in [1.29, 1.82) is 0 Å². The molecular formula is C15H17Cl2FN4O. The van der Waals surface area contributed by atoms with Crippen LogP contribution in [-0.2, 0) is 0 Å². The summed E-state index contributed by atoms with van der Waals surface area (Å²) in [6.45, 7) is 2.88. The van der Waals surface area contributed by atoms with Crippen LogP contribution >= 0.6 is 24.0 Å². The van der Waals surface area contributed by atoms with Gasteiger partial charge in [-0.3, -0.25) is 4.79 Å². The molecule has 3 rings (SSSR count). The molecule has 1 aromatic carbocycles. The second kappa shape index (κ2) is 6.86. The molecule has 0 radical (unpaired) electrons. The summed E-state index contributed by atoms with van der Waals surface area (Å²) in [5, 5.41) is 4.54. The highest BCUT2D eigenvalue weighted by molar-refractivity contribution is 6.33. The van der Waals surface area contributed by atoms with Gasteiger partial charge < -0.3 is 10.6 Å². The van der Waals surface area contributed by atoms with Crippen molar-refractivity contribution < 1.29 is 9.18 Å². The summed E-state index contributed by atoms with van der Waals surface area (Å²) in [5.74, 6) is -0.505. The maximum Gasteiger partial charge on any atom is 0.258 e. The van der Waals surface area contributed by atoms with Gasteiger partial charge in [-0.05, 0) is 37.6 Å². The number of likely N-dealkylation sites (tertiary alicyclic amines) is 1. The molecule has 0 spiro atoms. The van der Waals surface area contributed by atoms with Crippen LogP contribution in [0.2, 0.25) is 5.15 Å². The summed E-state index contributed by atoms with van der Waals surface area (Å²) in [4.78, 5) is 14.3. The molecule has 8 heteroatoms. The van der Waals surface area contributed by atoms with Gasteiger partial charge in [-0.1, -0.05) is 11.6 Å². The second-order valence-corrected chi connectivity index (χ2v) is 5.80. The average molecular weight is 359 g/mol. The first-order valence-corrected chi connectivity index (χ1v) is 7.41. The van der Waals surface area contributed by atoms with Gasteiger partial charge in [-0.25, -0.2) is 9.07 Å². The molecule has 1 saturated heterocycles. The Bertz CT molecular complexity index is 717. The Morgan fingerprint density at radius 2 is 2.04 bits per heavy atom. The highest BCUT2D eigenvalue weighted by Crippen LogP contribution is 2.26. The number of nitrogens with two attached hydrogens (primary N) is 1. The Kier molecular flexibility index (Phi) is 5.29. The third-order valence-electron chi connectivity index (χ3n) is 3.80. The lowest BCUT2D eigenvalue weighted by molar-refractivity contribution is 0.0790. The zero-order chi connectivity index (χ0) is 15.9. The highest BCUT2D eigenvalue weighted by Gasteiger charge is 2.29. The molecule has 2 N–H and O–H groups in total. The van der Waals surface area contributed by atoms with E-state index >= 15 is 0 Å². The van der Waals surface area contributed by atoms with Crippen LogP contribution in [0, 0.1) is 12.7 Å². The first-order valence-electron chi connectivity index (χ1n) is 7.03. The van der Waals surface area contributed by atoms with Crippen molar-refractivity contribution in [3.05, 3.63) is 46.5 Å². The molecule has 1 aliphatic rings. The number of halogens is 3. The van der Waals surface area contributed by atoms with E-state index in [1.54, 1.807) is 24.0 Å². The van der Waals surface area contributed by atoms with Crippen LogP contribution in [0.3, 0.4) is 0 Å². The number of aryl methyl sites for hydroxylation is 1. The summed E-state index contributed by atoms with van der Waals surface area (Å²) in [7, 11) is 0. The van der Waals surface area contributed by atoms with Crippen LogP contribution in [0.5, 0.6) is 0 Å². The Labute approximate surface area is 144 Å². The molecule has 1 unspecified atom stereocenters. The van der Waals surface area contributed by atoms with Crippen LogP contribution in [0.1, 0.15) is 22.5 Å². The molecule has 1 aromatic heterocycles. The summed E-state index contributed by atoms with van der Waals surface area (Å²) in [6.07, 6.45) is 0.786. The van der Waals surface area contributed by atoms with Gasteiger partial charge in [0.25, 0.3) is 5.91 Å². The Balaban J connectivity index is 0.00000192. The molecule has 124 valence electrons. The Hall–Kier alpha value is -1.63. The van der Waals surface area contributed by atoms with Crippen LogP contribution in [0.25, 0.3) is 5.69 Å². The minimum absolute atomic E-state index is 0. The maximum atomic E-state index is 13.0. The third kappa shape index (κ3) is 3.34. The van der Waals surface area contributed by atoms with Crippen molar-refractivity contribution in [3.63, 3.8) is 0 Å². The van der Waals surface area contributed by atoms with E-state index < -0.39 is 0 Å². The first kappa shape index (κ1) is 17.7. The monoisotopic (exact) mass is 358 g/mol. The quantitative estimate of drug-likeness (QED) is 0.897. The van der Waals surface area contributed by atoms with Gasteiger partial charge in [0.1, 0.15) is 11.0 Å². The lowest BCUT2D eigenvalue weighted by Gasteiger charge is -2.15. The summed E-state index contributed by atoms with van der Waals surface area (Å²) in [5.41, 5.74) is 7.36. The van der Waals surface area contributed by atoms with E-state index in [2.05, 4.69) is 5.10 Å². The smallest absolute Gasteiger partial charge is 0.258 e. The molecule has 5 nitrogen and oxygen atoms in total. The molecule has 0 saturated carbocycles. The number of hydrogen-bond donors (Lipinski definition) is 1. The van der Waals surface area contributed by atoms with E-state index in [4.69, 9.17) is 17.3 Å². The fraction of sp³-hybridized carbons (Fsp3) is 0.333. The highest BCUT2D eigenvalue weighted by atomic mass is 35.5. The minimum Gasteiger partial charge on any atom is -0.337 e. The Morgan fingerprint density at radius 3 is 2.61 bits per heavy atom. The van der Waals surface area contributed by atoms with E-state index in [-0.39, 0.29) is 35.3 Å². The van der Waals surface area contributed by atoms with Crippen molar-refractivity contribution in [2.75, 3.05) is 13.1 Å². The molecule has 23 heavy (non-hydrogen) atoms. The molecule has 1 atom stereocenters. The number of hydrogen-bond acceptors (Lipinski definition) is 3. The standard InChI is InChI=1S/C15H16ClFN4O.ClH/c1-9-13(15(22)20-7-6-11(18)8-20)14(16)21(19-9)12-4-2-10(17)3-5-12;/h2-5,11H,6-8,18H2,1H3;1H. The van der Waals surface area contributed by atoms with Crippen molar-refractivity contribution in [2.24, 2.45) is 5.73 Å². The van der Waals surface area contributed by atoms with E-state index in [0.717, 1.165) is 6.42 Å². The molecule has 1 aliphatic heterocycles. The van der Waals surface area contributed by atoms with Crippen LogP contribution < -0.4 is 5.73 Å². The van der Waals surface area contributed by atoms with E-state index in [1.807, 2.05) is 0 Å². The van der Waals surface area contributed by atoms with Crippen LogP contribution in [0.15, 0.2) is 24.3 Å². The predicted molar refractivity (Wildman–Crippen MR) is 89.0 cm³/mol. The lowest BCUT2D eigenvalue weighted by atomic mass is 10.2. The summed E-state index contributed by atoms with van der Waals surface area (Å²) < 4.78 is 14.5. The van der Waals surface area contributed by atoms with Gasteiger partial charge in [0.15, 0.2) is 0 Å². The number of carbonyl (C=O) groups excluding carboxylic acids is 1. The topological polar surface area (TPSA) is 64.2 Å². The van der Waals surface area contributed by atoms with Gasteiger partial charge >= 0.3 is 0 Å². The normalized spacial score (nSPS) is 17.2. The number of nitrogens with zero attached hydrogens (tertiary/aromatic N) is 3. The second-order valence-electron chi connectivity index (χ2n) is 5.44. The number of carbonyl (C=O) groups is 1. The molecule has 1 amide bonds. The minimum atomic E-state index is -0.342. The molecule has 1 fully saturated rings. The van der Waals surface area contributed by atoms with Gasteiger partial charge in [0.05, 0.1) is 16.9 Å². The maximum absolute atomic E-state index is 13.0. The van der Waals surface area contributed by atoms with Gasteiger partial charge in [-0.15, -0.1) is 12.4 Å². The predicted octanol–water partition coefficient (Wildman–Crippen LogP) is 2.57. The number of rotatable bonds is 2. The van der Waals surface area contributed by atoms with Crippen molar-refractivity contribution in [1.82, 2.24) is 14.7 Å². The Morgan fingerprint density at radius 1 is 1.39 bits per heavy atom. The molecule has 0 aliphatic carbocycles. The lowest BCUT2D eigenvalue weighted by Crippen LogP contribution is -2.32. The molecule has 2 aromatic rings. The molecule has 2 heterocycles. The van der Waals surface area contributed by atoms with Crippen molar-refractivity contribution in [3.8, 4) is 5.69 Å². The fourth-order valence-electron chi connectivity index (χ4n) is 2.63. The summed E-state index contributed by atoms with van der Waals surface area (Å²) >= 11 is 6.34. The van der Waals surface area contributed by atoms with E-state index in [0.29, 0.717) is 30.0 Å². The zero-order valence-corrected chi connectivity index (χ0v) is 14.1. The van der Waals surface area contributed by atoms with E-state index in [1.165, 1.54) is 16.8 Å². The average Bonchev–Trinajstić information content (AvgIpc) is 3.03. The van der Waals surface area contributed by atoms with Crippen molar-refractivity contribution >= 4 is 29.9 Å². The van der Waals surface area contributed by atoms with Gasteiger partial charge in [0.2, 0.25) is 0 Å². The number of aromatic nitrogens is 2. The summed E-state index contributed by atoms with van der Waals surface area (Å²) in [6, 6.07) is 5.78. The number of amides is 1. The van der Waals surface area contributed by atoms with Gasteiger partial charge in [0, 0.05) is 19.1 Å². The first-order chi connectivity index (χ1) is 10.5. The zero-order valence-electron chi connectivity index (χ0n) is 12.5. The third-order valence-corrected chi connectivity index (χ3v) is 4.15. The number of benzene rings is 1. The van der Waals surface area contributed by atoms with Crippen molar-refractivity contribution in [2.45, 2.75) is 19.4 Å². The molecular weight excluding hydrogens is 342 g/mol.